The first-order valence-electron chi connectivity index (χ1n) is 9.63. The third kappa shape index (κ3) is 4.03. The average molecular weight is 403 g/mol. The highest BCUT2D eigenvalue weighted by Gasteiger charge is 2.25. The van der Waals surface area contributed by atoms with Gasteiger partial charge in [0.2, 0.25) is 0 Å². The van der Waals surface area contributed by atoms with E-state index in [9.17, 15) is 8.78 Å². The van der Waals surface area contributed by atoms with Gasteiger partial charge in [0.15, 0.2) is 9.04 Å². The number of aryl methyl sites for hydroxylation is 1. The predicted molar refractivity (Wildman–Crippen MR) is 112 cm³/mol. The summed E-state index contributed by atoms with van der Waals surface area (Å²) in [5.74, 6) is -0.264. The van der Waals surface area contributed by atoms with Crippen molar-refractivity contribution in [2.45, 2.75) is 59.4 Å². The molecule has 0 radical (unpaired) electrons. The van der Waals surface area contributed by atoms with E-state index >= 15 is 0 Å². The fourth-order valence-electron chi connectivity index (χ4n) is 3.35. The van der Waals surface area contributed by atoms with Crippen molar-refractivity contribution in [1.29, 1.82) is 0 Å². The number of halogens is 2. The maximum Gasteiger partial charge on any atom is 0.171 e. The van der Waals surface area contributed by atoms with E-state index in [0.29, 0.717) is 6.61 Å². The molecule has 150 valence electrons. The average Bonchev–Trinajstić information content (AvgIpc) is 2.97. The van der Waals surface area contributed by atoms with Crippen LogP contribution in [0.25, 0.3) is 11.0 Å². The molecule has 0 unspecified atom stereocenters. The van der Waals surface area contributed by atoms with E-state index in [1.54, 1.807) is 0 Å². The number of hydrogen-bond donors (Lipinski definition) is 0. The van der Waals surface area contributed by atoms with Crippen LogP contribution in [0.2, 0.25) is 13.1 Å². The molecule has 0 N–H and O–H groups in total. The van der Waals surface area contributed by atoms with Gasteiger partial charge in [-0.1, -0.05) is 32.9 Å². The molecular weight excluding hydrogens is 374 g/mol. The highest BCUT2D eigenvalue weighted by atomic mass is 28.3. The van der Waals surface area contributed by atoms with Gasteiger partial charge in [-0.15, -0.1) is 0 Å². The van der Waals surface area contributed by atoms with Crippen LogP contribution in [0.4, 0.5) is 8.78 Å². The van der Waals surface area contributed by atoms with Crippen molar-refractivity contribution >= 4 is 20.1 Å². The molecule has 0 atom stereocenters. The van der Waals surface area contributed by atoms with Gasteiger partial charge in [0, 0.05) is 11.0 Å². The van der Waals surface area contributed by atoms with Gasteiger partial charge in [-0.25, -0.2) is 13.8 Å². The second kappa shape index (κ2) is 7.76. The summed E-state index contributed by atoms with van der Waals surface area (Å²) in [6.07, 6.45) is 0. The minimum absolute atomic E-state index is 0.0585. The minimum Gasteiger partial charge on any atom is -0.416 e. The predicted octanol–water partition coefficient (Wildman–Crippen LogP) is 5.47. The first-order chi connectivity index (χ1) is 13.1. The van der Waals surface area contributed by atoms with E-state index < -0.39 is 20.7 Å². The molecule has 3 rings (SSSR count). The van der Waals surface area contributed by atoms with E-state index in [-0.39, 0.29) is 17.5 Å². The molecule has 0 saturated heterocycles. The molecule has 0 aliphatic carbocycles. The Morgan fingerprint density at radius 1 is 1.07 bits per heavy atom. The van der Waals surface area contributed by atoms with Gasteiger partial charge < -0.3 is 8.99 Å². The van der Waals surface area contributed by atoms with Crippen molar-refractivity contribution in [1.82, 2.24) is 9.55 Å². The summed E-state index contributed by atoms with van der Waals surface area (Å²) in [5, 5.41) is 0. The Balaban J connectivity index is 2.16. The third-order valence-electron chi connectivity index (χ3n) is 4.91. The highest BCUT2D eigenvalue weighted by Crippen LogP contribution is 2.31. The second-order valence-electron chi connectivity index (χ2n) is 8.55. The van der Waals surface area contributed by atoms with Crippen molar-refractivity contribution in [2.75, 3.05) is 0 Å². The summed E-state index contributed by atoms with van der Waals surface area (Å²) in [4.78, 5) is 4.90. The summed E-state index contributed by atoms with van der Waals surface area (Å²) < 4.78 is 36.4. The van der Waals surface area contributed by atoms with Crippen LogP contribution in [0, 0.1) is 18.6 Å². The molecule has 28 heavy (non-hydrogen) atoms. The lowest BCUT2D eigenvalue weighted by molar-refractivity contribution is 0.314. The maximum atomic E-state index is 14.3. The van der Waals surface area contributed by atoms with Crippen LogP contribution in [0.5, 0.6) is 0 Å². The Kier molecular flexibility index (Phi) is 5.73. The molecule has 0 fully saturated rings. The molecule has 0 bridgehead atoms. The van der Waals surface area contributed by atoms with Crippen molar-refractivity contribution in [3.63, 3.8) is 0 Å². The van der Waals surface area contributed by atoms with E-state index in [4.69, 9.17) is 9.41 Å². The van der Waals surface area contributed by atoms with Crippen molar-refractivity contribution in [2.24, 2.45) is 0 Å². The summed E-state index contributed by atoms with van der Waals surface area (Å²) in [6.45, 7) is 13.2. The van der Waals surface area contributed by atoms with E-state index in [0.717, 1.165) is 28.0 Å². The third-order valence-corrected chi connectivity index (χ3v) is 5.74. The first kappa shape index (κ1) is 20.7. The molecule has 0 amide bonds. The summed E-state index contributed by atoms with van der Waals surface area (Å²) in [6, 6.07) is 8.01. The van der Waals surface area contributed by atoms with E-state index in [2.05, 4.69) is 33.9 Å². The van der Waals surface area contributed by atoms with Crippen molar-refractivity contribution in [3.8, 4) is 0 Å². The lowest BCUT2D eigenvalue weighted by Crippen LogP contribution is -2.20. The molecular formula is C22H28F2N2OSi. The zero-order valence-electron chi connectivity index (χ0n) is 17.4. The van der Waals surface area contributed by atoms with Crippen LogP contribution in [-0.4, -0.2) is 18.6 Å². The first-order valence-corrected chi connectivity index (χ1v) is 12.4. The van der Waals surface area contributed by atoms with Gasteiger partial charge >= 0.3 is 0 Å². The normalized spacial score (nSPS) is 12.3. The molecule has 0 spiro atoms. The Morgan fingerprint density at radius 2 is 1.71 bits per heavy atom. The second-order valence-corrected chi connectivity index (χ2v) is 11.0. The van der Waals surface area contributed by atoms with Crippen LogP contribution in [0.15, 0.2) is 30.3 Å². The fraction of sp³-hybridized carbons (Fsp3) is 0.409. The Bertz CT molecular complexity index is 986. The molecule has 0 aliphatic rings. The van der Waals surface area contributed by atoms with Crippen LogP contribution in [-0.2, 0) is 23.0 Å². The Labute approximate surface area is 167 Å². The van der Waals surface area contributed by atoms with Gasteiger partial charge in [0.05, 0.1) is 24.2 Å². The highest BCUT2D eigenvalue weighted by molar-refractivity contribution is 6.48. The van der Waals surface area contributed by atoms with Gasteiger partial charge in [-0.2, -0.15) is 0 Å². The summed E-state index contributed by atoms with van der Waals surface area (Å²) >= 11 is 0. The summed E-state index contributed by atoms with van der Waals surface area (Å²) in [5.41, 5.74) is 3.71. The monoisotopic (exact) mass is 402 g/mol. The van der Waals surface area contributed by atoms with Crippen LogP contribution < -0.4 is 0 Å². The lowest BCUT2D eigenvalue weighted by Gasteiger charge is -2.20. The number of hydrogen-bond acceptors (Lipinski definition) is 2. The molecule has 6 heteroatoms. The quantitative estimate of drug-likeness (QED) is 0.529. The molecule has 0 saturated carbocycles. The van der Waals surface area contributed by atoms with Crippen LogP contribution in [0.1, 0.15) is 43.3 Å². The molecule has 1 heterocycles. The molecule has 3 aromatic rings. The zero-order valence-corrected chi connectivity index (χ0v) is 18.6. The number of benzene rings is 2. The standard InChI is InChI=1S/C22H28F2N2OSi/c1-14-15(13-27-28(5)6)10-11-19-20(14)25-21(22(2,3)4)26(19)12-16-17(23)8-7-9-18(16)24/h7-11,28H,12-13H2,1-6H3. The molecule has 3 nitrogen and oxygen atoms in total. The number of fused-ring (bicyclic) bond motifs is 1. The fourth-order valence-corrected chi connectivity index (χ4v) is 3.87. The Morgan fingerprint density at radius 3 is 2.29 bits per heavy atom. The van der Waals surface area contributed by atoms with Gasteiger partial charge in [-0.05, 0) is 49.3 Å². The maximum absolute atomic E-state index is 14.3. The Hall–Kier alpha value is -2.05. The molecule has 0 aliphatic heterocycles. The number of rotatable bonds is 5. The van der Waals surface area contributed by atoms with E-state index in [1.807, 2.05) is 23.6 Å². The largest absolute Gasteiger partial charge is 0.416 e. The minimum atomic E-state index is -1.12. The van der Waals surface area contributed by atoms with Crippen LogP contribution in [0.3, 0.4) is 0 Å². The number of aromatic nitrogens is 2. The van der Waals surface area contributed by atoms with Gasteiger partial charge in [0.25, 0.3) is 0 Å². The van der Waals surface area contributed by atoms with Crippen LogP contribution >= 0.6 is 0 Å². The SMILES string of the molecule is Cc1c(CO[SiH](C)C)ccc2c1nc(C(C)(C)C)n2Cc1c(F)cccc1F. The smallest absolute Gasteiger partial charge is 0.171 e. The summed E-state index contributed by atoms with van der Waals surface area (Å²) in [7, 11) is -1.12. The van der Waals surface area contributed by atoms with Gasteiger partial charge in [-0.3, -0.25) is 0 Å². The molecule has 2 aromatic carbocycles. The van der Waals surface area contributed by atoms with Gasteiger partial charge in [0.1, 0.15) is 17.5 Å². The zero-order chi connectivity index (χ0) is 20.6. The molecule has 1 aromatic heterocycles. The van der Waals surface area contributed by atoms with E-state index in [1.165, 1.54) is 18.2 Å². The van der Waals surface area contributed by atoms with Crippen molar-refractivity contribution in [3.05, 3.63) is 64.5 Å². The topological polar surface area (TPSA) is 27.1 Å². The number of imidazole rings is 1. The van der Waals surface area contributed by atoms with Crippen molar-refractivity contribution < 1.29 is 13.2 Å². The lowest BCUT2D eigenvalue weighted by atomic mass is 9.95. The number of nitrogens with zero attached hydrogens (tertiary/aromatic N) is 2.